The molecule has 1 N–H and O–H groups in total. The topological polar surface area (TPSA) is 35.4 Å². The maximum Gasteiger partial charge on any atom is 0.124 e. The second-order valence-corrected chi connectivity index (χ2v) is 6.64. The lowest BCUT2D eigenvalue weighted by Crippen LogP contribution is -2.25. The van der Waals surface area contributed by atoms with Gasteiger partial charge in [0.1, 0.15) is 11.5 Å². The molecule has 0 amide bonds. The van der Waals surface area contributed by atoms with Gasteiger partial charge in [-0.05, 0) is 55.8 Å². The van der Waals surface area contributed by atoms with Gasteiger partial charge in [0.25, 0.3) is 0 Å². The normalized spacial score (nSPS) is 13.7. The van der Waals surface area contributed by atoms with Crippen LogP contribution in [-0.2, 0) is 19.5 Å². The molecule has 0 saturated carbocycles. The van der Waals surface area contributed by atoms with Crippen molar-refractivity contribution in [2.45, 2.75) is 26.4 Å². The van der Waals surface area contributed by atoms with Crippen molar-refractivity contribution >= 4 is 10.9 Å². The third kappa shape index (κ3) is 2.76. The van der Waals surface area contributed by atoms with Crippen molar-refractivity contribution in [1.82, 2.24) is 9.88 Å². The molecule has 0 spiro atoms. The minimum atomic E-state index is 0.775. The third-order valence-electron chi connectivity index (χ3n) is 5.10. The van der Waals surface area contributed by atoms with E-state index in [2.05, 4.69) is 41.1 Å². The Morgan fingerprint density at radius 1 is 1.08 bits per heavy atom. The molecule has 0 unspecified atom stereocenters. The molecule has 1 aliphatic heterocycles. The molecule has 0 atom stereocenters. The molecule has 4 rings (SSSR count). The predicted octanol–water partition coefficient (Wildman–Crippen LogP) is 3.66. The fourth-order valence-electron chi connectivity index (χ4n) is 3.85. The van der Waals surface area contributed by atoms with Gasteiger partial charge in [0.2, 0.25) is 0 Å². The molecule has 4 heteroatoms. The van der Waals surface area contributed by atoms with E-state index in [1.807, 2.05) is 12.1 Å². The van der Waals surface area contributed by atoms with E-state index in [-0.39, 0.29) is 0 Å². The van der Waals surface area contributed by atoms with Crippen LogP contribution in [0.4, 0.5) is 0 Å². The number of nitrogens with one attached hydrogen (secondary N) is 1. The van der Waals surface area contributed by atoms with E-state index in [1.165, 1.54) is 27.7 Å². The van der Waals surface area contributed by atoms with Crippen LogP contribution in [0.5, 0.6) is 11.5 Å². The summed E-state index contributed by atoms with van der Waals surface area (Å²) in [6.45, 7) is 4.89. The molecule has 0 aliphatic carbocycles. The highest BCUT2D eigenvalue weighted by Gasteiger charge is 2.20. The Bertz CT molecular complexity index is 927. The first-order valence-corrected chi connectivity index (χ1v) is 8.73. The summed E-state index contributed by atoms with van der Waals surface area (Å²) in [6, 6.07) is 12.8. The van der Waals surface area contributed by atoms with Gasteiger partial charge in [-0.15, -0.1) is 0 Å². The van der Waals surface area contributed by atoms with Gasteiger partial charge in [0, 0.05) is 28.7 Å². The van der Waals surface area contributed by atoms with Crippen LogP contribution in [0, 0.1) is 6.92 Å². The van der Waals surface area contributed by atoms with E-state index >= 15 is 0 Å². The summed E-state index contributed by atoms with van der Waals surface area (Å²) >= 11 is 0. The average molecular weight is 336 g/mol. The fraction of sp³-hybridized carbons (Fsp3) is 0.333. The zero-order valence-corrected chi connectivity index (χ0v) is 15.1. The molecule has 0 fully saturated rings. The Labute approximate surface area is 148 Å². The second kappa shape index (κ2) is 6.45. The van der Waals surface area contributed by atoms with Gasteiger partial charge in [-0.25, -0.2) is 0 Å². The van der Waals surface area contributed by atoms with E-state index in [0.717, 1.165) is 43.1 Å². The van der Waals surface area contributed by atoms with E-state index in [4.69, 9.17) is 9.47 Å². The quantitative estimate of drug-likeness (QED) is 0.790. The molecule has 2 aromatic carbocycles. The number of nitrogens with zero attached hydrogens (tertiary/aromatic N) is 1. The molecule has 25 heavy (non-hydrogen) atoms. The van der Waals surface area contributed by atoms with Gasteiger partial charge in [0.15, 0.2) is 0 Å². The molecular formula is C21H24N2O2. The predicted molar refractivity (Wildman–Crippen MR) is 101 cm³/mol. The second-order valence-electron chi connectivity index (χ2n) is 6.64. The van der Waals surface area contributed by atoms with Crippen molar-refractivity contribution in [3.8, 4) is 11.5 Å². The lowest BCUT2D eigenvalue weighted by Gasteiger charge is -2.18. The zero-order chi connectivity index (χ0) is 17.4. The van der Waals surface area contributed by atoms with Crippen molar-refractivity contribution in [1.29, 1.82) is 0 Å². The Morgan fingerprint density at radius 2 is 1.96 bits per heavy atom. The van der Waals surface area contributed by atoms with Crippen LogP contribution in [0.3, 0.4) is 0 Å². The molecule has 0 saturated heterocycles. The highest BCUT2D eigenvalue weighted by atomic mass is 16.5. The summed E-state index contributed by atoms with van der Waals surface area (Å²) in [4.78, 5) is 0. The molecule has 0 bridgehead atoms. The highest BCUT2D eigenvalue weighted by Crippen LogP contribution is 2.32. The van der Waals surface area contributed by atoms with Gasteiger partial charge in [-0.3, -0.25) is 0 Å². The highest BCUT2D eigenvalue weighted by molar-refractivity contribution is 5.86. The Kier molecular flexibility index (Phi) is 4.14. The number of hydrogen-bond acceptors (Lipinski definition) is 3. The number of aromatic nitrogens is 1. The molecule has 130 valence electrons. The van der Waals surface area contributed by atoms with Gasteiger partial charge < -0.3 is 19.4 Å². The number of ether oxygens (including phenoxy) is 2. The summed E-state index contributed by atoms with van der Waals surface area (Å²) in [5, 5.41) is 4.90. The summed E-state index contributed by atoms with van der Waals surface area (Å²) < 4.78 is 13.4. The van der Waals surface area contributed by atoms with Crippen LogP contribution in [0.1, 0.15) is 22.4 Å². The van der Waals surface area contributed by atoms with Crippen LogP contribution in [-0.4, -0.2) is 25.3 Å². The van der Waals surface area contributed by atoms with E-state index in [9.17, 15) is 0 Å². The van der Waals surface area contributed by atoms with Crippen LogP contribution in [0.2, 0.25) is 0 Å². The van der Waals surface area contributed by atoms with E-state index < -0.39 is 0 Å². The molecule has 0 radical (unpaired) electrons. The fourth-order valence-corrected chi connectivity index (χ4v) is 3.85. The van der Waals surface area contributed by atoms with Crippen molar-refractivity contribution in [3.63, 3.8) is 0 Å². The molecule has 2 heterocycles. The van der Waals surface area contributed by atoms with Gasteiger partial charge in [0.05, 0.1) is 20.8 Å². The monoisotopic (exact) mass is 336 g/mol. The maximum absolute atomic E-state index is 5.58. The first-order chi connectivity index (χ1) is 12.2. The Balaban J connectivity index is 1.87. The third-order valence-corrected chi connectivity index (χ3v) is 5.10. The lowest BCUT2D eigenvalue weighted by molar-refractivity contribution is 0.397. The van der Waals surface area contributed by atoms with Crippen molar-refractivity contribution < 1.29 is 9.47 Å². The summed E-state index contributed by atoms with van der Waals surface area (Å²) in [6.07, 6.45) is 1.08. The van der Waals surface area contributed by atoms with Crippen LogP contribution >= 0.6 is 0 Å². The number of aryl methyl sites for hydroxylation is 1. The molecule has 1 aliphatic rings. The van der Waals surface area contributed by atoms with Gasteiger partial charge in [-0.2, -0.15) is 0 Å². The smallest absolute Gasteiger partial charge is 0.124 e. The molecule has 1 aromatic heterocycles. The number of methoxy groups -OCH3 is 2. The number of benzene rings is 2. The largest absolute Gasteiger partial charge is 0.497 e. The maximum atomic E-state index is 5.58. The van der Waals surface area contributed by atoms with Gasteiger partial charge in [-0.1, -0.05) is 11.6 Å². The van der Waals surface area contributed by atoms with Crippen molar-refractivity contribution in [2.24, 2.45) is 0 Å². The van der Waals surface area contributed by atoms with Crippen LogP contribution in [0.15, 0.2) is 36.4 Å². The van der Waals surface area contributed by atoms with Gasteiger partial charge >= 0.3 is 0 Å². The number of fused-ring (bicyclic) bond motifs is 3. The van der Waals surface area contributed by atoms with E-state index in [0.29, 0.717) is 0 Å². The standard InChI is InChI=1S/C21H24N2O2/c1-14-4-6-19-18(10-14)17-8-9-22-12-20(17)23(19)13-15-11-16(24-2)5-7-21(15)25-3/h4-7,10-11,22H,8-9,12-13H2,1-3H3. The molecular weight excluding hydrogens is 312 g/mol. The van der Waals surface area contributed by atoms with Crippen molar-refractivity contribution in [2.75, 3.05) is 20.8 Å². The SMILES string of the molecule is COc1ccc(OC)c(Cn2c3c(c4cc(C)ccc42)CCNC3)c1. The van der Waals surface area contributed by atoms with E-state index in [1.54, 1.807) is 14.2 Å². The minimum Gasteiger partial charge on any atom is -0.497 e. The summed E-state index contributed by atoms with van der Waals surface area (Å²) in [5.41, 5.74) is 6.61. The van der Waals surface area contributed by atoms with Crippen LogP contribution < -0.4 is 14.8 Å². The zero-order valence-electron chi connectivity index (χ0n) is 15.1. The molecule has 4 nitrogen and oxygen atoms in total. The Hall–Kier alpha value is -2.46. The minimum absolute atomic E-state index is 0.775. The number of rotatable bonds is 4. The molecule has 3 aromatic rings. The first kappa shape index (κ1) is 16.0. The summed E-state index contributed by atoms with van der Waals surface area (Å²) in [7, 11) is 3.42. The van der Waals surface area contributed by atoms with Crippen molar-refractivity contribution in [3.05, 3.63) is 58.8 Å². The first-order valence-electron chi connectivity index (χ1n) is 8.73. The lowest BCUT2D eigenvalue weighted by atomic mass is 10.0. The average Bonchev–Trinajstić information content (AvgIpc) is 2.95. The Morgan fingerprint density at radius 3 is 2.76 bits per heavy atom. The number of hydrogen-bond donors (Lipinski definition) is 1. The van der Waals surface area contributed by atoms with Crippen LogP contribution in [0.25, 0.3) is 10.9 Å². The summed E-state index contributed by atoms with van der Waals surface area (Å²) in [5.74, 6) is 1.75.